The van der Waals surface area contributed by atoms with Gasteiger partial charge in [-0.05, 0) is 24.7 Å². The Balaban J connectivity index is 1.49. The van der Waals surface area contributed by atoms with Crippen LogP contribution in [0.4, 0.5) is 15.2 Å². The number of aromatic nitrogens is 3. The number of rotatable bonds is 5. The first-order valence-corrected chi connectivity index (χ1v) is 10.7. The minimum absolute atomic E-state index is 0.0926. The standard InChI is InChI=1S/C19H20ClFN6O2S/c1-2-25-5-7-26(8-6-25)19-24-17-16(30-19)18(29)27(11-22-17)10-15(28)23-12-3-4-14(21)13(20)9-12/h3-4,9,11H,2,5-8,10H2,1H3,(H,23,28). The Kier molecular flexibility index (Phi) is 5.98. The molecule has 3 aromatic rings. The summed E-state index contributed by atoms with van der Waals surface area (Å²) < 4.78 is 14.9. The van der Waals surface area contributed by atoms with Gasteiger partial charge in [-0.15, -0.1) is 0 Å². The summed E-state index contributed by atoms with van der Waals surface area (Å²) >= 11 is 7.02. The first-order chi connectivity index (χ1) is 14.4. The number of carbonyl (C=O) groups is 1. The van der Waals surface area contributed by atoms with E-state index in [1.807, 2.05) is 0 Å². The van der Waals surface area contributed by atoms with Crippen molar-refractivity contribution in [3.05, 3.63) is 45.7 Å². The number of thiazole rings is 1. The molecular weight excluding hydrogens is 431 g/mol. The van der Waals surface area contributed by atoms with E-state index >= 15 is 0 Å². The molecule has 3 heterocycles. The third-order valence-corrected chi connectivity index (χ3v) is 6.36. The number of nitrogens with one attached hydrogen (secondary N) is 1. The topological polar surface area (TPSA) is 83.4 Å². The molecule has 1 N–H and O–H groups in total. The maximum atomic E-state index is 13.2. The van der Waals surface area contributed by atoms with E-state index in [2.05, 4.69) is 32.0 Å². The highest BCUT2D eigenvalue weighted by Crippen LogP contribution is 2.26. The van der Waals surface area contributed by atoms with Gasteiger partial charge >= 0.3 is 0 Å². The molecule has 4 rings (SSSR count). The predicted octanol–water partition coefficient (Wildman–Crippen LogP) is 2.43. The van der Waals surface area contributed by atoms with Gasteiger partial charge in [-0.25, -0.2) is 9.37 Å². The van der Waals surface area contributed by atoms with Crippen LogP contribution in [-0.4, -0.2) is 58.1 Å². The number of amides is 1. The number of hydrogen-bond acceptors (Lipinski definition) is 7. The van der Waals surface area contributed by atoms with Crippen LogP contribution in [0.2, 0.25) is 5.02 Å². The molecule has 1 aliphatic rings. The molecule has 8 nitrogen and oxygen atoms in total. The van der Waals surface area contributed by atoms with E-state index in [0.717, 1.165) is 43.9 Å². The molecule has 1 aromatic carbocycles. The molecule has 0 aliphatic carbocycles. The molecule has 0 radical (unpaired) electrons. The van der Waals surface area contributed by atoms with Crippen LogP contribution in [0.5, 0.6) is 0 Å². The number of nitrogens with zero attached hydrogens (tertiary/aromatic N) is 5. The van der Waals surface area contributed by atoms with Crippen LogP contribution in [0.3, 0.4) is 0 Å². The minimum Gasteiger partial charge on any atom is -0.345 e. The van der Waals surface area contributed by atoms with Crippen molar-refractivity contribution < 1.29 is 9.18 Å². The van der Waals surface area contributed by atoms with Crippen molar-refractivity contribution in [1.82, 2.24) is 19.4 Å². The van der Waals surface area contributed by atoms with Crippen LogP contribution in [0.25, 0.3) is 10.3 Å². The molecule has 1 aliphatic heterocycles. The van der Waals surface area contributed by atoms with E-state index in [9.17, 15) is 14.0 Å². The first kappa shape index (κ1) is 20.7. The molecule has 1 fully saturated rings. The molecule has 0 unspecified atom stereocenters. The van der Waals surface area contributed by atoms with E-state index in [1.165, 1.54) is 34.4 Å². The second kappa shape index (κ2) is 8.66. The maximum absolute atomic E-state index is 13.2. The largest absolute Gasteiger partial charge is 0.345 e. The summed E-state index contributed by atoms with van der Waals surface area (Å²) in [6.07, 6.45) is 1.32. The molecule has 0 spiro atoms. The maximum Gasteiger partial charge on any atom is 0.273 e. The predicted molar refractivity (Wildman–Crippen MR) is 116 cm³/mol. The highest BCUT2D eigenvalue weighted by atomic mass is 35.5. The van der Waals surface area contributed by atoms with E-state index in [4.69, 9.17) is 11.6 Å². The number of piperazine rings is 1. The molecule has 1 amide bonds. The Bertz CT molecular complexity index is 1140. The van der Waals surface area contributed by atoms with Gasteiger partial charge in [-0.3, -0.25) is 14.2 Å². The van der Waals surface area contributed by atoms with Crippen molar-refractivity contribution in [2.24, 2.45) is 0 Å². The van der Waals surface area contributed by atoms with Crippen LogP contribution in [0.1, 0.15) is 6.92 Å². The van der Waals surface area contributed by atoms with Crippen LogP contribution < -0.4 is 15.8 Å². The quantitative estimate of drug-likeness (QED) is 0.642. The van der Waals surface area contributed by atoms with Gasteiger partial charge in [-0.1, -0.05) is 29.9 Å². The summed E-state index contributed by atoms with van der Waals surface area (Å²) in [6, 6.07) is 3.88. The van der Waals surface area contributed by atoms with Gasteiger partial charge in [-0.2, -0.15) is 4.98 Å². The van der Waals surface area contributed by atoms with E-state index < -0.39 is 11.7 Å². The van der Waals surface area contributed by atoms with Gasteiger partial charge in [0.05, 0.1) is 5.02 Å². The van der Waals surface area contributed by atoms with E-state index in [0.29, 0.717) is 16.0 Å². The summed E-state index contributed by atoms with van der Waals surface area (Å²) in [6.45, 7) is 6.55. The molecule has 30 heavy (non-hydrogen) atoms. The van der Waals surface area contributed by atoms with Gasteiger partial charge in [0.2, 0.25) is 5.91 Å². The van der Waals surface area contributed by atoms with Crippen LogP contribution >= 0.6 is 22.9 Å². The zero-order valence-corrected chi connectivity index (χ0v) is 17.8. The van der Waals surface area contributed by atoms with Crippen molar-refractivity contribution in [2.75, 3.05) is 42.9 Å². The number of benzene rings is 1. The van der Waals surface area contributed by atoms with Crippen molar-refractivity contribution in [3.8, 4) is 0 Å². The molecular formula is C19H20ClFN6O2S. The van der Waals surface area contributed by atoms with Crippen molar-refractivity contribution in [1.29, 1.82) is 0 Å². The fourth-order valence-electron chi connectivity index (χ4n) is 3.27. The number of anilines is 2. The number of hydrogen-bond donors (Lipinski definition) is 1. The fourth-order valence-corrected chi connectivity index (χ4v) is 4.47. The third kappa shape index (κ3) is 4.30. The molecule has 11 heteroatoms. The Morgan fingerprint density at radius 1 is 1.30 bits per heavy atom. The van der Waals surface area contributed by atoms with Crippen LogP contribution in [0, 0.1) is 5.82 Å². The third-order valence-electron chi connectivity index (χ3n) is 4.98. The number of fused-ring (bicyclic) bond motifs is 1. The highest BCUT2D eigenvalue weighted by molar-refractivity contribution is 7.22. The second-order valence-electron chi connectivity index (χ2n) is 6.93. The Morgan fingerprint density at radius 2 is 2.07 bits per heavy atom. The number of carbonyl (C=O) groups excluding carboxylic acids is 1. The summed E-state index contributed by atoms with van der Waals surface area (Å²) in [7, 11) is 0. The summed E-state index contributed by atoms with van der Waals surface area (Å²) in [4.78, 5) is 38.4. The van der Waals surface area contributed by atoms with Crippen molar-refractivity contribution in [2.45, 2.75) is 13.5 Å². The Morgan fingerprint density at radius 3 is 2.77 bits per heavy atom. The van der Waals surface area contributed by atoms with Crippen LogP contribution in [0.15, 0.2) is 29.3 Å². The molecule has 0 atom stereocenters. The molecule has 0 bridgehead atoms. The van der Waals surface area contributed by atoms with Gasteiger partial charge in [0.25, 0.3) is 5.56 Å². The summed E-state index contributed by atoms with van der Waals surface area (Å²) in [5, 5.41) is 3.28. The summed E-state index contributed by atoms with van der Waals surface area (Å²) in [5.74, 6) is -1.01. The lowest BCUT2D eigenvalue weighted by molar-refractivity contribution is -0.116. The van der Waals surface area contributed by atoms with Gasteiger partial charge in [0, 0.05) is 31.9 Å². The minimum atomic E-state index is -0.572. The monoisotopic (exact) mass is 450 g/mol. The van der Waals surface area contributed by atoms with Gasteiger partial charge in [0.1, 0.15) is 23.4 Å². The zero-order valence-electron chi connectivity index (χ0n) is 16.3. The van der Waals surface area contributed by atoms with Gasteiger partial charge < -0.3 is 15.1 Å². The second-order valence-corrected chi connectivity index (χ2v) is 8.31. The molecule has 2 aromatic heterocycles. The average Bonchev–Trinajstić information content (AvgIpc) is 3.18. The lowest BCUT2D eigenvalue weighted by Crippen LogP contribution is -2.46. The SMILES string of the molecule is CCN1CCN(c2nc3ncn(CC(=O)Nc4ccc(F)c(Cl)c4)c(=O)c3s2)CC1. The van der Waals surface area contributed by atoms with Crippen molar-refractivity contribution in [3.63, 3.8) is 0 Å². The number of likely N-dealkylation sites (N-methyl/N-ethyl adjacent to an activating group) is 1. The molecule has 158 valence electrons. The number of halogens is 2. The smallest absolute Gasteiger partial charge is 0.273 e. The molecule has 1 saturated heterocycles. The fraction of sp³-hybridized carbons (Fsp3) is 0.368. The first-order valence-electron chi connectivity index (χ1n) is 9.52. The zero-order chi connectivity index (χ0) is 21.3. The molecule has 0 saturated carbocycles. The van der Waals surface area contributed by atoms with E-state index in [1.54, 1.807) is 0 Å². The van der Waals surface area contributed by atoms with Crippen molar-refractivity contribution >= 4 is 50.0 Å². The lowest BCUT2D eigenvalue weighted by atomic mass is 10.3. The van der Waals surface area contributed by atoms with E-state index in [-0.39, 0.29) is 17.1 Å². The average molecular weight is 451 g/mol. The van der Waals surface area contributed by atoms with Gasteiger partial charge in [0.15, 0.2) is 10.8 Å². The Labute approximate surface area is 180 Å². The highest BCUT2D eigenvalue weighted by Gasteiger charge is 2.21. The Hall–Kier alpha value is -2.56. The normalized spacial score (nSPS) is 15.0. The van der Waals surface area contributed by atoms with Crippen LogP contribution in [-0.2, 0) is 11.3 Å². The summed E-state index contributed by atoms with van der Waals surface area (Å²) in [5.41, 5.74) is 0.419. The lowest BCUT2D eigenvalue weighted by Gasteiger charge is -2.33.